The van der Waals surface area contributed by atoms with Gasteiger partial charge < -0.3 is 10.5 Å². The van der Waals surface area contributed by atoms with Crippen LogP contribution in [0.2, 0.25) is 0 Å². The Hall–Kier alpha value is -1.56. The summed E-state index contributed by atoms with van der Waals surface area (Å²) in [4.78, 5) is 23.6. The fraction of sp³-hybridized carbons (Fsp3) is 0.500. The predicted molar refractivity (Wildman–Crippen MR) is 96.3 cm³/mol. The van der Waals surface area contributed by atoms with E-state index in [9.17, 15) is 23.3 Å². The van der Waals surface area contributed by atoms with Crippen LogP contribution < -0.4 is 5.73 Å². The summed E-state index contributed by atoms with van der Waals surface area (Å²) in [7, 11) is -2.27. The normalized spacial score (nSPS) is 18.2. The molecule has 0 fully saturated rings. The molecule has 9 nitrogen and oxygen atoms in total. The van der Waals surface area contributed by atoms with Crippen LogP contribution in [-0.4, -0.2) is 68.6 Å². The number of methoxy groups -OCH3 is 1. The van der Waals surface area contributed by atoms with Crippen molar-refractivity contribution < 1.29 is 22.9 Å². The van der Waals surface area contributed by atoms with Crippen LogP contribution in [-0.2, 0) is 19.4 Å². The molecule has 2 N–H and O–H groups in total. The first-order valence-corrected chi connectivity index (χ1v) is 10.2. The van der Waals surface area contributed by atoms with Crippen LogP contribution in [0.1, 0.15) is 0 Å². The van der Waals surface area contributed by atoms with Gasteiger partial charge in [0.2, 0.25) is 0 Å². The van der Waals surface area contributed by atoms with Crippen LogP contribution in [0.15, 0.2) is 34.4 Å². The molecule has 0 spiro atoms. The van der Waals surface area contributed by atoms with Gasteiger partial charge in [0.1, 0.15) is 5.57 Å². The second-order valence-corrected chi connectivity index (χ2v) is 8.07. The van der Waals surface area contributed by atoms with Crippen LogP contribution in [0.3, 0.4) is 0 Å². The first kappa shape index (κ1) is 21.5. The number of nitrogens with two attached hydrogens (primary N) is 1. The quantitative estimate of drug-likeness (QED) is 0.309. The molecule has 0 bridgehead atoms. The minimum Gasteiger partial charge on any atom is -0.383 e. The van der Waals surface area contributed by atoms with E-state index >= 15 is 0 Å². The highest BCUT2D eigenvalue weighted by molar-refractivity contribution is 9.09. The fourth-order valence-electron chi connectivity index (χ4n) is 2.36. The van der Waals surface area contributed by atoms with Gasteiger partial charge >= 0.3 is 0 Å². The summed E-state index contributed by atoms with van der Waals surface area (Å²) in [6, 6.07) is -0.783. The number of carbonyl (C=O) groups excluding carboxylic acids is 1. The first-order valence-electron chi connectivity index (χ1n) is 7.20. The number of rotatable bonds is 9. The lowest BCUT2D eigenvalue weighted by Crippen LogP contribution is -2.40. The number of alkyl halides is 1. The Balaban J connectivity index is 3.54. The smallest absolute Gasteiger partial charge is 0.283 e. The Morgan fingerprint density at radius 3 is 2.56 bits per heavy atom. The minimum absolute atomic E-state index is 0.177. The van der Waals surface area contributed by atoms with E-state index in [2.05, 4.69) is 15.9 Å². The van der Waals surface area contributed by atoms with Crippen molar-refractivity contribution in [2.24, 2.45) is 5.73 Å². The predicted octanol–water partition coefficient (Wildman–Crippen LogP) is 0.213. The summed E-state index contributed by atoms with van der Waals surface area (Å²) in [6.45, 7) is 1.20. The van der Waals surface area contributed by atoms with Crippen LogP contribution in [0.25, 0.3) is 0 Å². The zero-order valence-electron chi connectivity index (χ0n) is 13.8. The van der Waals surface area contributed by atoms with Gasteiger partial charge in [-0.25, -0.2) is 8.42 Å². The van der Waals surface area contributed by atoms with Gasteiger partial charge in [-0.3, -0.25) is 19.8 Å². The summed E-state index contributed by atoms with van der Waals surface area (Å²) in [6.07, 6.45) is 4.51. The molecular formula is C14H20BrN3O6S. The zero-order valence-corrected chi connectivity index (χ0v) is 16.2. The molecule has 0 saturated carbocycles. The number of amides is 1. The highest BCUT2D eigenvalue weighted by Crippen LogP contribution is 2.26. The van der Waals surface area contributed by atoms with Gasteiger partial charge in [-0.2, -0.15) is 0 Å². The highest BCUT2D eigenvalue weighted by Gasteiger charge is 2.32. The van der Waals surface area contributed by atoms with E-state index in [4.69, 9.17) is 10.5 Å². The highest BCUT2D eigenvalue weighted by atomic mass is 79.9. The molecular weight excluding hydrogens is 418 g/mol. The van der Waals surface area contributed by atoms with Crippen LogP contribution in [0.5, 0.6) is 0 Å². The molecule has 1 amide bonds. The topological polar surface area (TPSA) is 133 Å². The maximum Gasteiger partial charge on any atom is 0.283 e. The number of sulfone groups is 1. The van der Waals surface area contributed by atoms with Gasteiger partial charge in [0.25, 0.3) is 11.6 Å². The summed E-state index contributed by atoms with van der Waals surface area (Å²) in [5.74, 6) is -1.00. The van der Waals surface area contributed by atoms with Crippen LogP contribution in [0, 0.1) is 10.1 Å². The molecule has 1 rings (SSSR count). The summed E-state index contributed by atoms with van der Waals surface area (Å²) < 4.78 is 29.5. The molecule has 1 atom stereocenters. The minimum atomic E-state index is -3.78. The van der Waals surface area contributed by atoms with E-state index in [0.717, 1.165) is 12.3 Å². The van der Waals surface area contributed by atoms with Crippen molar-refractivity contribution in [1.29, 1.82) is 0 Å². The fourth-order valence-corrected chi connectivity index (χ4v) is 3.81. The number of carbonyl (C=O) groups is 1. The molecule has 0 aromatic heterocycles. The number of allylic oxidation sites excluding steroid dienone is 1. The number of hydrogen-bond donors (Lipinski definition) is 1. The van der Waals surface area contributed by atoms with E-state index in [1.165, 1.54) is 19.3 Å². The van der Waals surface area contributed by atoms with Crippen molar-refractivity contribution in [3.8, 4) is 0 Å². The molecule has 0 aliphatic heterocycles. The number of nitro groups is 1. The van der Waals surface area contributed by atoms with Gasteiger partial charge in [0.05, 0.1) is 22.5 Å². The van der Waals surface area contributed by atoms with Gasteiger partial charge in [-0.1, -0.05) is 22.0 Å². The molecule has 0 aromatic carbocycles. The molecule has 0 radical (unpaired) electrons. The zero-order chi connectivity index (χ0) is 19.2. The lowest BCUT2D eigenvalue weighted by molar-refractivity contribution is -0.419. The summed E-state index contributed by atoms with van der Waals surface area (Å²) in [5, 5.41) is 11.8. The molecule has 11 heteroatoms. The Morgan fingerprint density at radius 2 is 2.12 bits per heavy atom. The molecule has 0 heterocycles. The average molecular weight is 438 g/mol. The van der Waals surface area contributed by atoms with Crippen LogP contribution in [0.4, 0.5) is 0 Å². The van der Waals surface area contributed by atoms with Crippen molar-refractivity contribution in [2.75, 3.05) is 38.4 Å². The summed E-state index contributed by atoms with van der Waals surface area (Å²) in [5.41, 5.74) is 4.22. The van der Waals surface area contributed by atoms with Crippen molar-refractivity contribution in [2.45, 2.75) is 6.04 Å². The van der Waals surface area contributed by atoms with Crippen molar-refractivity contribution in [3.63, 3.8) is 0 Å². The molecule has 1 unspecified atom stereocenters. The number of halogens is 1. The van der Waals surface area contributed by atoms with E-state index in [1.54, 1.807) is 4.90 Å². The average Bonchev–Trinajstić information content (AvgIpc) is 2.71. The van der Waals surface area contributed by atoms with Gasteiger partial charge in [-0.05, 0) is 6.08 Å². The second-order valence-electron chi connectivity index (χ2n) is 5.26. The molecule has 1 aliphatic rings. The van der Waals surface area contributed by atoms with E-state index in [0.29, 0.717) is 25.0 Å². The van der Waals surface area contributed by atoms with Crippen molar-refractivity contribution >= 4 is 31.7 Å². The number of primary amides is 1. The van der Waals surface area contributed by atoms with E-state index < -0.39 is 32.4 Å². The first-order chi connectivity index (χ1) is 11.6. The Bertz CT molecular complexity index is 729. The third kappa shape index (κ3) is 5.73. The third-order valence-electron chi connectivity index (χ3n) is 3.53. The van der Waals surface area contributed by atoms with Crippen LogP contribution >= 0.6 is 15.9 Å². The maximum atomic E-state index is 12.2. The lowest BCUT2D eigenvalue weighted by Gasteiger charge is -2.29. The molecule has 1 aliphatic carbocycles. The van der Waals surface area contributed by atoms with Crippen molar-refractivity contribution in [1.82, 2.24) is 4.90 Å². The number of ether oxygens (including phenoxy) is 1. The molecule has 0 saturated heterocycles. The lowest BCUT2D eigenvalue weighted by atomic mass is 10.2. The molecule has 25 heavy (non-hydrogen) atoms. The SMILES string of the molecule is COCCN(CCBr)C1C=CC(C(N)=O)=C([N+](=O)[O-])C=C1S(C)(=O)=O. The maximum absolute atomic E-state index is 12.2. The number of nitrogens with zero attached hydrogens (tertiary/aromatic N) is 2. The van der Waals surface area contributed by atoms with E-state index in [1.807, 2.05) is 0 Å². The standard InChI is InChI=1S/C14H20BrN3O6S/c1-24-8-7-17(6-5-15)11-4-3-10(14(16)19)12(18(20)21)9-13(11)25(2,22)23/h3-4,9,11H,5-8H2,1-2H3,(H2,16,19). The third-order valence-corrected chi connectivity index (χ3v) is 5.10. The Morgan fingerprint density at radius 1 is 1.48 bits per heavy atom. The van der Waals surface area contributed by atoms with E-state index in [-0.39, 0.29) is 10.5 Å². The largest absolute Gasteiger partial charge is 0.383 e. The Kier molecular flexibility index (Phi) is 7.93. The summed E-state index contributed by atoms with van der Waals surface area (Å²) >= 11 is 3.30. The molecule has 140 valence electrons. The van der Waals surface area contributed by atoms with Crippen molar-refractivity contribution in [3.05, 3.63) is 44.5 Å². The monoisotopic (exact) mass is 437 g/mol. The molecule has 0 aromatic rings. The number of hydrogen-bond acceptors (Lipinski definition) is 7. The van der Waals surface area contributed by atoms with Gasteiger partial charge in [-0.15, -0.1) is 0 Å². The second kappa shape index (κ2) is 9.22. The Labute approximate surface area is 154 Å². The van der Waals surface area contributed by atoms with Gasteiger partial charge in [0, 0.05) is 37.9 Å². The van der Waals surface area contributed by atoms with Gasteiger partial charge in [0.15, 0.2) is 9.84 Å².